The van der Waals surface area contributed by atoms with Crippen LogP contribution in [-0.2, 0) is 11.2 Å². The third-order valence-electron chi connectivity index (χ3n) is 3.16. The lowest BCUT2D eigenvalue weighted by molar-refractivity contribution is 0.00573. The summed E-state index contributed by atoms with van der Waals surface area (Å²) in [6.07, 6.45) is 8.39. The van der Waals surface area contributed by atoms with Gasteiger partial charge in [-0.1, -0.05) is 0 Å². The summed E-state index contributed by atoms with van der Waals surface area (Å²) in [5, 5.41) is 3.39. The minimum atomic E-state index is 0.458. The van der Waals surface area contributed by atoms with Crippen molar-refractivity contribution in [1.82, 2.24) is 10.3 Å². The first-order valence-corrected chi connectivity index (χ1v) is 6.92. The number of hydrogen-bond acceptors (Lipinski definition) is 4. The van der Waals surface area contributed by atoms with Crippen molar-refractivity contribution in [3.63, 3.8) is 0 Å². The summed E-state index contributed by atoms with van der Waals surface area (Å²) in [4.78, 5) is 5.47. The highest BCUT2D eigenvalue weighted by atomic mass is 32.1. The van der Waals surface area contributed by atoms with Gasteiger partial charge in [0.15, 0.2) is 0 Å². The maximum Gasteiger partial charge on any atom is 0.0794 e. The van der Waals surface area contributed by atoms with Gasteiger partial charge >= 0.3 is 0 Å². The number of likely N-dealkylation sites (N-methyl/N-ethyl adjacent to an activating group) is 1. The average Bonchev–Trinajstić information content (AvgIpc) is 2.82. The van der Waals surface area contributed by atoms with E-state index in [1.54, 1.807) is 11.3 Å². The highest BCUT2D eigenvalue weighted by Crippen LogP contribution is 2.19. The first kappa shape index (κ1) is 12.0. The number of nitrogens with one attached hydrogen (secondary N) is 1. The minimum absolute atomic E-state index is 0.458. The molecule has 1 fully saturated rings. The molecule has 2 unspecified atom stereocenters. The van der Waals surface area contributed by atoms with Crippen LogP contribution in [0, 0.1) is 0 Å². The molecule has 1 N–H and O–H groups in total. The molecule has 90 valence electrons. The monoisotopic (exact) mass is 240 g/mol. The zero-order chi connectivity index (χ0) is 11.2. The second-order valence-corrected chi connectivity index (χ2v) is 5.35. The van der Waals surface area contributed by atoms with Gasteiger partial charge in [-0.25, -0.2) is 0 Å². The van der Waals surface area contributed by atoms with Gasteiger partial charge in [-0.05, 0) is 39.2 Å². The van der Waals surface area contributed by atoms with Gasteiger partial charge in [0.2, 0.25) is 0 Å². The van der Waals surface area contributed by atoms with Crippen molar-refractivity contribution < 1.29 is 4.74 Å². The normalized spacial score (nSPS) is 23.2. The topological polar surface area (TPSA) is 34.2 Å². The van der Waals surface area contributed by atoms with E-state index >= 15 is 0 Å². The van der Waals surface area contributed by atoms with Crippen LogP contribution in [0.4, 0.5) is 0 Å². The van der Waals surface area contributed by atoms with Gasteiger partial charge in [0, 0.05) is 23.7 Å². The fraction of sp³-hybridized carbons (Fsp3) is 0.750. The number of thiazole rings is 1. The van der Waals surface area contributed by atoms with E-state index in [4.69, 9.17) is 4.74 Å². The summed E-state index contributed by atoms with van der Waals surface area (Å²) >= 11 is 1.74. The number of rotatable bonds is 5. The molecule has 16 heavy (non-hydrogen) atoms. The van der Waals surface area contributed by atoms with Crippen LogP contribution < -0.4 is 5.32 Å². The van der Waals surface area contributed by atoms with Crippen LogP contribution in [-0.4, -0.2) is 30.8 Å². The van der Waals surface area contributed by atoms with Crippen LogP contribution in [0.15, 0.2) is 11.7 Å². The molecule has 1 saturated heterocycles. The molecule has 0 amide bonds. The van der Waals surface area contributed by atoms with Crippen molar-refractivity contribution in [2.75, 3.05) is 13.7 Å². The van der Waals surface area contributed by atoms with Crippen LogP contribution in [0.2, 0.25) is 0 Å². The molecule has 3 nitrogen and oxygen atoms in total. The van der Waals surface area contributed by atoms with E-state index in [-0.39, 0.29) is 0 Å². The maximum atomic E-state index is 5.78. The average molecular weight is 240 g/mol. The Morgan fingerprint density at radius 3 is 3.19 bits per heavy atom. The molecule has 2 atom stereocenters. The van der Waals surface area contributed by atoms with Crippen molar-refractivity contribution in [1.29, 1.82) is 0 Å². The van der Waals surface area contributed by atoms with E-state index in [2.05, 4.69) is 10.3 Å². The summed E-state index contributed by atoms with van der Waals surface area (Å²) in [5.41, 5.74) is 1.90. The number of hydrogen-bond donors (Lipinski definition) is 1. The van der Waals surface area contributed by atoms with Crippen molar-refractivity contribution in [2.45, 2.75) is 44.2 Å². The van der Waals surface area contributed by atoms with Gasteiger partial charge in [0.1, 0.15) is 0 Å². The highest BCUT2D eigenvalue weighted by Gasteiger charge is 2.19. The minimum Gasteiger partial charge on any atom is -0.378 e. The molecule has 1 aliphatic rings. The Morgan fingerprint density at radius 2 is 2.56 bits per heavy atom. The SMILES string of the molecule is CNC(Cc1cncs1)CC1CCCCO1. The second kappa shape index (κ2) is 6.33. The Morgan fingerprint density at radius 1 is 1.62 bits per heavy atom. The fourth-order valence-electron chi connectivity index (χ4n) is 2.20. The molecule has 4 heteroatoms. The molecule has 0 aliphatic carbocycles. The molecular weight excluding hydrogens is 220 g/mol. The Hall–Kier alpha value is -0.450. The molecule has 0 spiro atoms. The Kier molecular flexibility index (Phi) is 4.75. The Balaban J connectivity index is 1.80. The van der Waals surface area contributed by atoms with Crippen molar-refractivity contribution in [3.05, 3.63) is 16.6 Å². The molecule has 0 saturated carbocycles. The molecule has 1 aliphatic heterocycles. The first-order chi connectivity index (χ1) is 7.88. The number of nitrogens with zero attached hydrogens (tertiary/aromatic N) is 1. The van der Waals surface area contributed by atoms with Crippen LogP contribution in [0.5, 0.6) is 0 Å². The molecular formula is C12H20N2OS. The van der Waals surface area contributed by atoms with E-state index < -0.39 is 0 Å². The lowest BCUT2D eigenvalue weighted by Crippen LogP contribution is -2.34. The highest BCUT2D eigenvalue weighted by molar-refractivity contribution is 7.09. The standard InChI is InChI=1S/C12H20N2OS/c1-13-10(7-12-8-14-9-16-12)6-11-4-2-3-5-15-11/h8-11,13H,2-7H2,1H3. The first-order valence-electron chi connectivity index (χ1n) is 6.04. The number of ether oxygens (including phenoxy) is 1. The van der Waals surface area contributed by atoms with Crippen molar-refractivity contribution in [3.8, 4) is 0 Å². The Labute approximate surface area is 101 Å². The van der Waals surface area contributed by atoms with E-state index in [0.717, 1.165) is 19.4 Å². The van der Waals surface area contributed by atoms with Gasteiger partial charge in [-0.15, -0.1) is 11.3 Å². The van der Waals surface area contributed by atoms with E-state index in [0.29, 0.717) is 12.1 Å². The third kappa shape index (κ3) is 3.54. The fourth-order valence-corrected chi connectivity index (χ4v) is 2.88. The summed E-state index contributed by atoms with van der Waals surface area (Å²) < 4.78 is 5.78. The molecule has 1 aromatic rings. The molecule has 2 rings (SSSR count). The molecule has 2 heterocycles. The zero-order valence-corrected chi connectivity index (χ0v) is 10.6. The smallest absolute Gasteiger partial charge is 0.0794 e. The molecule has 0 aromatic carbocycles. The van der Waals surface area contributed by atoms with E-state index in [1.165, 1.54) is 24.1 Å². The third-order valence-corrected chi connectivity index (χ3v) is 3.96. The maximum absolute atomic E-state index is 5.78. The van der Waals surface area contributed by atoms with Crippen LogP contribution in [0.1, 0.15) is 30.6 Å². The van der Waals surface area contributed by atoms with Crippen LogP contribution in [0.25, 0.3) is 0 Å². The zero-order valence-electron chi connectivity index (χ0n) is 9.82. The largest absolute Gasteiger partial charge is 0.378 e. The lowest BCUT2D eigenvalue weighted by Gasteiger charge is -2.26. The number of aromatic nitrogens is 1. The summed E-state index contributed by atoms with van der Waals surface area (Å²) in [6, 6.07) is 0.517. The summed E-state index contributed by atoms with van der Waals surface area (Å²) in [5.74, 6) is 0. The van der Waals surface area contributed by atoms with Gasteiger partial charge < -0.3 is 10.1 Å². The van der Waals surface area contributed by atoms with E-state index in [9.17, 15) is 0 Å². The predicted molar refractivity (Wildman–Crippen MR) is 66.9 cm³/mol. The summed E-state index contributed by atoms with van der Waals surface area (Å²) in [6.45, 7) is 0.946. The van der Waals surface area contributed by atoms with Gasteiger partial charge in [0.25, 0.3) is 0 Å². The van der Waals surface area contributed by atoms with Crippen molar-refractivity contribution in [2.24, 2.45) is 0 Å². The van der Waals surface area contributed by atoms with Gasteiger partial charge in [0.05, 0.1) is 11.6 Å². The predicted octanol–water partition coefficient (Wildman–Crippen LogP) is 2.23. The second-order valence-electron chi connectivity index (χ2n) is 4.38. The van der Waals surface area contributed by atoms with E-state index in [1.807, 2.05) is 18.8 Å². The van der Waals surface area contributed by atoms with Gasteiger partial charge in [-0.2, -0.15) is 0 Å². The summed E-state index contributed by atoms with van der Waals surface area (Å²) in [7, 11) is 2.04. The van der Waals surface area contributed by atoms with Crippen molar-refractivity contribution >= 4 is 11.3 Å². The lowest BCUT2D eigenvalue weighted by atomic mass is 10.00. The quantitative estimate of drug-likeness (QED) is 0.857. The van der Waals surface area contributed by atoms with Crippen LogP contribution >= 0.6 is 11.3 Å². The van der Waals surface area contributed by atoms with Gasteiger partial charge in [-0.3, -0.25) is 4.98 Å². The molecule has 0 bridgehead atoms. The van der Waals surface area contributed by atoms with Crippen LogP contribution in [0.3, 0.4) is 0 Å². The molecule has 1 aromatic heterocycles. The Bertz CT molecular complexity index is 283. The molecule has 0 radical (unpaired) electrons.